The molecule has 1 heterocycles. The summed E-state index contributed by atoms with van der Waals surface area (Å²) in [5.74, 6) is -0.538. The Morgan fingerprint density at radius 3 is 2.64 bits per heavy atom. The van der Waals surface area contributed by atoms with E-state index in [1.165, 1.54) is 29.5 Å². The Labute approximate surface area is 151 Å². The molecule has 0 aliphatic carbocycles. The average molecular weight is 378 g/mol. The highest BCUT2D eigenvalue weighted by molar-refractivity contribution is 6.34. The molecule has 0 unspecified atom stereocenters. The SMILES string of the molecule is O=C(Nc1cc(Cl)ccc1-n1cncn1)c1ccc([N+](=O)[O-])cc1Cl. The fourth-order valence-electron chi connectivity index (χ4n) is 2.13. The summed E-state index contributed by atoms with van der Waals surface area (Å²) in [6.07, 6.45) is 2.82. The van der Waals surface area contributed by atoms with Gasteiger partial charge in [-0.05, 0) is 24.3 Å². The number of carbonyl (C=O) groups excluding carboxylic acids is 1. The summed E-state index contributed by atoms with van der Waals surface area (Å²) in [5, 5.41) is 17.8. The molecule has 0 spiro atoms. The second-order valence-electron chi connectivity index (χ2n) is 4.88. The van der Waals surface area contributed by atoms with Crippen LogP contribution in [0.25, 0.3) is 5.69 Å². The van der Waals surface area contributed by atoms with Gasteiger partial charge in [0.05, 0.1) is 26.9 Å². The van der Waals surface area contributed by atoms with Crippen molar-refractivity contribution in [3.8, 4) is 5.69 Å². The Morgan fingerprint density at radius 2 is 2.00 bits per heavy atom. The van der Waals surface area contributed by atoms with Gasteiger partial charge in [0.1, 0.15) is 12.7 Å². The van der Waals surface area contributed by atoms with Crippen molar-refractivity contribution in [1.29, 1.82) is 0 Å². The maximum absolute atomic E-state index is 12.5. The summed E-state index contributed by atoms with van der Waals surface area (Å²) in [5.41, 5.74) is 0.829. The van der Waals surface area contributed by atoms with E-state index in [0.717, 1.165) is 6.07 Å². The summed E-state index contributed by atoms with van der Waals surface area (Å²) >= 11 is 12.0. The van der Waals surface area contributed by atoms with Crippen molar-refractivity contribution in [2.24, 2.45) is 0 Å². The molecular formula is C15H9Cl2N5O3. The third-order valence-electron chi connectivity index (χ3n) is 3.28. The van der Waals surface area contributed by atoms with E-state index in [1.807, 2.05) is 0 Å². The molecule has 2 aromatic carbocycles. The van der Waals surface area contributed by atoms with E-state index in [9.17, 15) is 14.9 Å². The minimum atomic E-state index is -0.590. The highest BCUT2D eigenvalue weighted by Gasteiger charge is 2.17. The number of hydrogen-bond acceptors (Lipinski definition) is 5. The van der Waals surface area contributed by atoms with Crippen LogP contribution in [0.15, 0.2) is 49.1 Å². The molecule has 0 radical (unpaired) electrons. The Bertz CT molecular complexity index is 960. The molecule has 0 fully saturated rings. The number of benzene rings is 2. The predicted molar refractivity (Wildman–Crippen MR) is 92.4 cm³/mol. The van der Waals surface area contributed by atoms with Gasteiger partial charge in [0.25, 0.3) is 11.6 Å². The van der Waals surface area contributed by atoms with Crippen molar-refractivity contribution in [2.45, 2.75) is 0 Å². The zero-order valence-electron chi connectivity index (χ0n) is 12.4. The molecule has 0 saturated heterocycles. The van der Waals surface area contributed by atoms with Crippen LogP contribution in [0.3, 0.4) is 0 Å². The second kappa shape index (κ2) is 6.88. The molecule has 3 aromatic rings. The second-order valence-corrected chi connectivity index (χ2v) is 5.72. The number of aromatic nitrogens is 3. The van der Waals surface area contributed by atoms with Crippen LogP contribution in [0, 0.1) is 10.1 Å². The normalized spacial score (nSPS) is 10.5. The van der Waals surface area contributed by atoms with Gasteiger partial charge in [-0.25, -0.2) is 9.67 Å². The van der Waals surface area contributed by atoms with E-state index < -0.39 is 10.8 Å². The zero-order valence-corrected chi connectivity index (χ0v) is 13.9. The Hall–Kier alpha value is -2.97. The molecule has 25 heavy (non-hydrogen) atoms. The Kier molecular flexibility index (Phi) is 4.64. The fraction of sp³-hybridized carbons (Fsp3) is 0. The van der Waals surface area contributed by atoms with Crippen LogP contribution >= 0.6 is 23.2 Å². The molecule has 1 N–H and O–H groups in total. The number of nitrogens with one attached hydrogen (secondary N) is 1. The lowest BCUT2D eigenvalue weighted by Crippen LogP contribution is -2.14. The molecule has 0 atom stereocenters. The Morgan fingerprint density at radius 1 is 1.20 bits per heavy atom. The van der Waals surface area contributed by atoms with Gasteiger partial charge in [0, 0.05) is 17.2 Å². The number of halogens is 2. The molecular weight excluding hydrogens is 369 g/mol. The number of rotatable bonds is 4. The zero-order chi connectivity index (χ0) is 18.0. The van der Waals surface area contributed by atoms with Crippen molar-refractivity contribution in [3.05, 3.63) is 74.8 Å². The maximum atomic E-state index is 12.5. The summed E-state index contributed by atoms with van der Waals surface area (Å²) in [7, 11) is 0. The molecule has 8 nitrogen and oxygen atoms in total. The number of carbonyl (C=O) groups is 1. The lowest BCUT2D eigenvalue weighted by atomic mass is 10.1. The van der Waals surface area contributed by atoms with Crippen molar-refractivity contribution >= 4 is 40.5 Å². The summed E-state index contributed by atoms with van der Waals surface area (Å²) in [4.78, 5) is 26.5. The van der Waals surface area contributed by atoms with E-state index in [2.05, 4.69) is 15.4 Å². The van der Waals surface area contributed by atoms with Crippen LogP contribution in [0.1, 0.15) is 10.4 Å². The third-order valence-corrected chi connectivity index (χ3v) is 3.83. The van der Waals surface area contributed by atoms with Crippen LogP contribution in [-0.4, -0.2) is 25.6 Å². The number of amides is 1. The molecule has 0 aliphatic heterocycles. The van der Waals surface area contributed by atoms with Crippen molar-refractivity contribution < 1.29 is 9.72 Å². The monoisotopic (exact) mass is 377 g/mol. The molecule has 3 rings (SSSR count). The molecule has 0 bridgehead atoms. The molecule has 126 valence electrons. The first-order chi connectivity index (χ1) is 12.0. The van der Waals surface area contributed by atoms with Gasteiger partial charge in [-0.3, -0.25) is 14.9 Å². The first-order valence-electron chi connectivity index (χ1n) is 6.85. The van der Waals surface area contributed by atoms with Gasteiger partial charge in [-0.15, -0.1) is 0 Å². The maximum Gasteiger partial charge on any atom is 0.270 e. The van der Waals surface area contributed by atoms with Gasteiger partial charge in [-0.1, -0.05) is 23.2 Å². The number of nitro benzene ring substituents is 1. The smallest absolute Gasteiger partial charge is 0.270 e. The quantitative estimate of drug-likeness (QED) is 0.550. The Balaban J connectivity index is 1.94. The molecule has 0 aliphatic rings. The van der Waals surface area contributed by atoms with Crippen LogP contribution in [-0.2, 0) is 0 Å². The molecule has 0 saturated carbocycles. The van der Waals surface area contributed by atoms with Crippen LogP contribution in [0.4, 0.5) is 11.4 Å². The van der Waals surface area contributed by atoms with Gasteiger partial charge in [-0.2, -0.15) is 5.10 Å². The third kappa shape index (κ3) is 3.59. The summed E-state index contributed by atoms with van der Waals surface area (Å²) in [6.45, 7) is 0. The van der Waals surface area contributed by atoms with Gasteiger partial charge < -0.3 is 5.32 Å². The summed E-state index contributed by atoms with van der Waals surface area (Å²) in [6, 6.07) is 8.48. The number of hydrogen-bond donors (Lipinski definition) is 1. The van der Waals surface area contributed by atoms with Crippen LogP contribution < -0.4 is 5.32 Å². The molecule has 1 aromatic heterocycles. The van der Waals surface area contributed by atoms with E-state index >= 15 is 0 Å². The fourth-order valence-corrected chi connectivity index (χ4v) is 2.56. The lowest BCUT2D eigenvalue weighted by molar-refractivity contribution is -0.384. The first-order valence-corrected chi connectivity index (χ1v) is 7.61. The predicted octanol–water partition coefficient (Wildman–Crippen LogP) is 3.73. The van der Waals surface area contributed by atoms with Crippen molar-refractivity contribution in [3.63, 3.8) is 0 Å². The number of nitro groups is 1. The number of anilines is 1. The lowest BCUT2D eigenvalue weighted by Gasteiger charge is -2.12. The van der Waals surface area contributed by atoms with Crippen LogP contribution in [0.5, 0.6) is 0 Å². The van der Waals surface area contributed by atoms with E-state index in [0.29, 0.717) is 16.4 Å². The van der Waals surface area contributed by atoms with Gasteiger partial charge in [0.2, 0.25) is 0 Å². The van der Waals surface area contributed by atoms with Gasteiger partial charge >= 0.3 is 0 Å². The van der Waals surface area contributed by atoms with Crippen molar-refractivity contribution in [2.75, 3.05) is 5.32 Å². The highest BCUT2D eigenvalue weighted by atomic mass is 35.5. The molecule has 10 heteroatoms. The van der Waals surface area contributed by atoms with E-state index in [1.54, 1.807) is 18.2 Å². The minimum absolute atomic E-state index is 0.0315. The van der Waals surface area contributed by atoms with Crippen LogP contribution in [0.2, 0.25) is 10.0 Å². The number of nitrogens with zero attached hydrogens (tertiary/aromatic N) is 4. The van der Waals surface area contributed by atoms with Crippen molar-refractivity contribution in [1.82, 2.24) is 14.8 Å². The van der Waals surface area contributed by atoms with E-state index in [-0.39, 0.29) is 16.3 Å². The highest BCUT2D eigenvalue weighted by Crippen LogP contribution is 2.27. The molecule has 1 amide bonds. The minimum Gasteiger partial charge on any atom is -0.320 e. The first kappa shape index (κ1) is 16.9. The topological polar surface area (TPSA) is 103 Å². The average Bonchev–Trinajstić information content (AvgIpc) is 3.09. The van der Waals surface area contributed by atoms with E-state index in [4.69, 9.17) is 23.2 Å². The standard InChI is InChI=1S/C15H9Cl2N5O3/c16-9-1-4-14(21-8-18-7-19-21)13(5-9)20-15(23)11-3-2-10(22(24)25)6-12(11)17/h1-8H,(H,20,23). The largest absolute Gasteiger partial charge is 0.320 e. The van der Waals surface area contributed by atoms with Gasteiger partial charge in [0.15, 0.2) is 0 Å². The number of non-ortho nitro benzene ring substituents is 1. The summed E-state index contributed by atoms with van der Waals surface area (Å²) < 4.78 is 1.46.